The van der Waals surface area contributed by atoms with Crippen molar-refractivity contribution in [1.29, 1.82) is 0 Å². The zero-order valence-electron chi connectivity index (χ0n) is 7.81. The van der Waals surface area contributed by atoms with Crippen LogP contribution in [-0.2, 0) is 19.2 Å². The van der Waals surface area contributed by atoms with Crippen LogP contribution in [0.5, 0.6) is 0 Å². The molecular formula is C7H10N2O6. The molecule has 0 aromatic heterocycles. The molecule has 0 aliphatic carbocycles. The van der Waals surface area contributed by atoms with Gasteiger partial charge < -0.3 is 20.8 Å². The molecule has 0 unspecified atom stereocenters. The van der Waals surface area contributed by atoms with Crippen LogP contribution in [0.25, 0.3) is 0 Å². The van der Waals surface area contributed by atoms with Crippen LogP contribution in [0, 0.1) is 0 Å². The summed E-state index contributed by atoms with van der Waals surface area (Å²) in [4.78, 5) is 42.0. The molecule has 0 aromatic carbocycles. The number of rotatable bonds is 5. The van der Waals surface area contributed by atoms with Gasteiger partial charge in [0.05, 0.1) is 6.54 Å². The summed E-state index contributed by atoms with van der Waals surface area (Å²) in [5.41, 5.74) is 0. The third kappa shape index (κ3) is 5.24. The van der Waals surface area contributed by atoms with Gasteiger partial charge in [-0.3, -0.25) is 9.59 Å². The molecule has 4 N–H and O–H groups in total. The van der Waals surface area contributed by atoms with E-state index in [0.717, 1.165) is 0 Å². The number of amides is 2. The van der Waals surface area contributed by atoms with Crippen molar-refractivity contribution in [3.8, 4) is 0 Å². The summed E-state index contributed by atoms with van der Waals surface area (Å²) >= 11 is 0. The summed E-state index contributed by atoms with van der Waals surface area (Å²) in [6.07, 6.45) is 0. The molecule has 0 fully saturated rings. The number of nitrogens with one attached hydrogen (secondary N) is 2. The van der Waals surface area contributed by atoms with Crippen LogP contribution in [0.15, 0.2) is 0 Å². The number of hydrogen-bond acceptors (Lipinski definition) is 4. The van der Waals surface area contributed by atoms with Gasteiger partial charge in [0.1, 0.15) is 0 Å². The number of carbonyl (C=O) groups excluding carboxylic acids is 2. The van der Waals surface area contributed by atoms with E-state index in [0.29, 0.717) is 0 Å². The predicted octanol–water partition coefficient (Wildman–Crippen LogP) is -2.22. The molecule has 0 aromatic rings. The molecular weight excluding hydrogens is 208 g/mol. The Balaban J connectivity index is 4.18. The minimum absolute atomic E-state index is 0.466. The fraction of sp³-hybridized carbons (Fsp3) is 0.429. The number of aliphatic carboxylic acids is 2. The SMILES string of the molecule is CC(=O)NCC(=O)NC(C(=O)O)C(=O)O. The van der Waals surface area contributed by atoms with Gasteiger partial charge in [-0.05, 0) is 0 Å². The van der Waals surface area contributed by atoms with E-state index in [1.54, 1.807) is 5.32 Å². The smallest absolute Gasteiger partial charge is 0.338 e. The lowest BCUT2D eigenvalue weighted by atomic mass is 10.3. The third-order valence-corrected chi connectivity index (χ3v) is 1.30. The molecule has 0 saturated heterocycles. The van der Waals surface area contributed by atoms with Gasteiger partial charge in [-0.25, -0.2) is 9.59 Å². The molecule has 0 bridgehead atoms. The molecule has 15 heavy (non-hydrogen) atoms. The zero-order valence-corrected chi connectivity index (χ0v) is 7.81. The Morgan fingerprint density at radius 2 is 1.60 bits per heavy atom. The monoisotopic (exact) mass is 218 g/mol. The van der Waals surface area contributed by atoms with Gasteiger partial charge in [0, 0.05) is 6.92 Å². The first-order valence-corrected chi connectivity index (χ1v) is 3.84. The van der Waals surface area contributed by atoms with E-state index in [2.05, 4.69) is 5.32 Å². The average molecular weight is 218 g/mol. The van der Waals surface area contributed by atoms with E-state index in [1.807, 2.05) is 0 Å². The maximum Gasteiger partial charge on any atom is 0.338 e. The van der Waals surface area contributed by atoms with E-state index < -0.39 is 36.3 Å². The Morgan fingerprint density at radius 3 is 1.93 bits per heavy atom. The second-order valence-corrected chi connectivity index (χ2v) is 2.59. The van der Waals surface area contributed by atoms with Crippen molar-refractivity contribution in [2.24, 2.45) is 0 Å². The van der Waals surface area contributed by atoms with Crippen molar-refractivity contribution in [3.63, 3.8) is 0 Å². The zero-order chi connectivity index (χ0) is 12.0. The van der Waals surface area contributed by atoms with Gasteiger partial charge >= 0.3 is 11.9 Å². The highest BCUT2D eigenvalue weighted by Crippen LogP contribution is 1.84. The molecule has 0 saturated carbocycles. The van der Waals surface area contributed by atoms with E-state index in [4.69, 9.17) is 10.2 Å². The highest BCUT2D eigenvalue weighted by molar-refractivity contribution is 6.01. The second-order valence-electron chi connectivity index (χ2n) is 2.59. The Bertz CT molecular complexity index is 286. The van der Waals surface area contributed by atoms with E-state index in [-0.39, 0.29) is 0 Å². The lowest BCUT2D eigenvalue weighted by molar-refractivity contribution is -0.153. The van der Waals surface area contributed by atoms with Gasteiger partial charge in [0.2, 0.25) is 17.9 Å². The quantitative estimate of drug-likeness (QED) is 0.386. The Hall–Kier alpha value is -2.12. The molecule has 8 nitrogen and oxygen atoms in total. The van der Waals surface area contributed by atoms with Gasteiger partial charge in [-0.2, -0.15) is 0 Å². The molecule has 8 heteroatoms. The Labute approximate surface area is 84.3 Å². The Kier molecular flexibility index (Phi) is 4.79. The van der Waals surface area contributed by atoms with Crippen LogP contribution < -0.4 is 10.6 Å². The standard InChI is InChI=1S/C7H10N2O6/c1-3(10)8-2-4(11)9-5(6(12)13)7(14)15/h5H,2H2,1H3,(H,8,10)(H,9,11)(H,12,13)(H,14,15). The number of carboxylic acids is 2. The Morgan fingerprint density at radius 1 is 1.13 bits per heavy atom. The van der Waals surface area contributed by atoms with Crippen LogP contribution in [0.4, 0.5) is 0 Å². The fourth-order valence-corrected chi connectivity index (χ4v) is 0.646. The molecule has 0 spiro atoms. The molecule has 0 aliphatic heterocycles. The summed E-state index contributed by atoms with van der Waals surface area (Å²) in [5, 5.41) is 20.6. The second kappa shape index (κ2) is 5.58. The molecule has 84 valence electrons. The topological polar surface area (TPSA) is 133 Å². The van der Waals surface area contributed by atoms with Crippen LogP contribution in [0.2, 0.25) is 0 Å². The summed E-state index contributed by atoms with van der Waals surface area (Å²) in [6.45, 7) is 0.700. The van der Waals surface area contributed by atoms with Crippen LogP contribution in [-0.4, -0.2) is 46.6 Å². The van der Waals surface area contributed by atoms with Crippen molar-refractivity contribution in [1.82, 2.24) is 10.6 Å². The number of carboxylic acid groups (broad SMARTS) is 2. The van der Waals surface area contributed by atoms with Crippen molar-refractivity contribution in [2.45, 2.75) is 13.0 Å². The molecule has 0 rings (SSSR count). The van der Waals surface area contributed by atoms with Crippen LogP contribution in [0.3, 0.4) is 0 Å². The average Bonchev–Trinajstić information content (AvgIpc) is 2.09. The first-order chi connectivity index (χ1) is 6.84. The lowest BCUT2D eigenvalue weighted by Gasteiger charge is -2.09. The maximum absolute atomic E-state index is 10.9. The molecule has 0 atom stereocenters. The molecule has 0 heterocycles. The van der Waals surface area contributed by atoms with Gasteiger partial charge in [0.25, 0.3) is 0 Å². The largest absolute Gasteiger partial charge is 0.479 e. The predicted molar refractivity (Wildman–Crippen MR) is 45.9 cm³/mol. The minimum atomic E-state index is -2.01. The number of hydrogen-bond donors (Lipinski definition) is 4. The van der Waals surface area contributed by atoms with Crippen molar-refractivity contribution >= 4 is 23.8 Å². The molecule has 0 aliphatic rings. The molecule has 2 amide bonds. The van der Waals surface area contributed by atoms with Crippen molar-refractivity contribution < 1.29 is 29.4 Å². The third-order valence-electron chi connectivity index (χ3n) is 1.30. The summed E-state index contributed by atoms with van der Waals surface area (Å²) in [6, 6.07) is -2.01. The highest BCUT2D eigenvalue weighted by atomic mass is 16.4. The van der Waals surface area contributed by atoms with Crippen LogP contribution >= 0.6 is 0 Å². The summed E-state index contributed by atoms with van der Waals surface area (Å²) in [5.74, 6) is -4.73. The highest BCUT2D eigenvalue weighted by Gasteiger charge is 2.27. The minimum Gasteiger partial charge on any atom is -0.479 e. The summed E-state index contributed by atoms with van der Waals surface area (Å²) < 4.78 is 0. The van der Waals surface area contributed by atoms with Crippen molar-refractivity contribution in [3.05, 3.63) is 0 Å². The first-order valence-electron chi connectivity index (χ1n) is 3.84. The number of carbonyl (C=O) groups is 4. The van der Waals surface area contributed by atoms with E-state index in [1.165, 1.54) is 6.92 Å². The van der Waals surface area contributed by atoms with Crippen LogP contribution in [0.1, 0.15) is 6.92 Å². The van der Waals surface area contributed by atoms with Gasteiger partial charge in [-0.1, -0.05) is 0 Å². The fourth-order valence-electron chi connectivity index (χ4n) is 0.646. The van der Waals surface area contributed by atoms with E-state index >= 15 is 0 Å². The van der Waals surface area contributed by atoms with E-state index in [9.17, 15) is 19.2 Å². The lowest BCUT2D eigenvalue weighted by Crippen LogP contribution is -2.49. The van der Waals surface area contributed by atoms with Crippen molar-refractivity contribution in [2.75, 3.05) is 6.54 Å². The van der Waals surface area contributed by atoms with Gasteiger partial charge in [0.15, 0.2) is 0 Å². The maximum atomic E-state index is 10.9. The summed E-state index contributed by atoms with van der Waals surface area (Å²) in [7, 11) is 0. The van der Waals surface area contributed by atoms with Gasteiger partial charge in [-0.15, -0.1) is 0 Å². The first kappa shape index (κ1) is 12.9. The normalized spacial score (nSPS) is 9.47. The molecule has 0 radical (unpaired) electrons.